The molecular formula is C16H27NO. The first-order valence-corrected chi connectivity index (χ1v) is 7.11. The first-order chi connectivity index (χ1) is 8.69. The maximum atomic E-state index is 5.73. The van der Waals surface area contributed by atoms with Gasteiger partial charge in [-0.3, -0.25) is 4.90 Å². The van der Waals surface area contributed by atoms with Gasteiger partial charge in [-0.1, -0.05) is 45.0 Å². The van der Waals surface area contributed by atoms with Crippen molar-refractivity contribution >= 4 is 0 Å². The maximum absolute atomic E-state index is 5.73. The Bertz CT molecular complexity index is 316. The van der Waals surface area contributed by atoms with Crippen LogP contribution in [-0.2, 0) is 17.9 Å². The smallest absolute Gasteiger partial charge is 0.0720 e. The van der Waals surface area contributed by atoms with Gasteiger partial charge < -0.3 is 4.74 Å². The van der Waals surface area contributed by atoms with Crippen molar-refractivity contribution in [3.63, 3.8) is 0 Å². The Labute approximate surface area is 112 Å². The lowest BCUT2D eigenvalue weighted by Gasteiger charge is -2.18. The summed E-state index contributed by atoms with van der Waals surface area (Å²) in [5.41, 5.74) is 2.64. The van der Waals surface area contributed by atoms with Gasteiger partial charge in [0, 0.05) is 6.54 Å². The van der Waals surface area contributed by atoms with Crippen molar-refractivity contribution in [2.75, 3.05) is 13.1 Å². The second kappa shape index (κ2) is 8.28. The van der Waals surface area contributed by atoms with Crippen LogP contribution < -0.4 is 0 Å². The standard InChI is InChI=1S/C16H27NO/c1-5-14(4)18-13-16-10-8-15(9-11-16)12-17(6-2)7-3/h8-11,14H,5-7,12-13H2,1-4H3. The Balaban J connectivity index is 2.47. The Hall–Kier alpha value is -0.860. The molecule has 0 aliphatic heterocycles. The van der Waals surface area contributed by atoms with E-state index in [1.54, 1.807) is 0 Å². The number of hydrogen-bond acceptors (Lipinski definition) is 2. The van der Waals surface area contributed by atoms with Crippen LogP contribution in [0, 0.1) is 0 Å². The number of ether oxygens (including phenoxy) is 1. The van der Waals surface area contributed by atoms with E-state index in [9.17, 15) is 0 Å². The molecule has 0 radical (unpaired) electrons. The Morgan fingerprint density at radius 2 is 1.56 bits per heavy atom. The van der Waals surface area contributed by atoms with Crippen molar-refractivity contribution in [3.05, 3.63) is 35.4 Å². The van der Waals surface area contributed by atoms with Gasteiger partial charge >= 0.3 is 0 Å². The van der Waals surface area contributed by atoms with E-state index in [2.05, 4.69) is 56.9 Å². The molecule has 0 fully saturated rings. The van der Waals surface area contributed by atoms with Gasteiger partial charge in [0.15, 0.2) is 0 Å². The van der Waals surface area contributed by atoms with Crippen LogP contribution in [0.2, 0.25) is 0 Å². The fourth-order valence-electron chi connectivity index (χ4n) is 1.80. The molecule has 1 rings (SSSR count). The second-order valence-electron chi connectivity index (χ2n) is 4.81. The van der Waals surface area contributed by atoms with E-state index in [-0.39, 0.29) is 0 Å². The molecule has 1 aromatic rings. The summed E-state index contributed by atoms with van der Waals surface area (Å²) < 4.78 is 5.73. The second-order valence-corrected chi connectivity index (χ2v) is 4.81. The quantitative estimate of drug-likeness (QED) is 0.694. The van der Waals surface area contributed by atoms with Gasteiger partial charge in [-0.05, 0) is 37.6 Å². The molecule has 102 valence electrons. The third-order valence-electron chi connectivity index (χ3n) is 3.43. The molecule has 0 amide bonds. The summed E-state index contributed by atoms with van der Waals surface area (Å²) in [5, 5.41) is 0. The number of rotatable bonds is 8. The highest BCUT2D eigenvalue weighted by Crippen LogP contribution is 2.10. The van der Waals surface area contributed by atoms with Crippen molar-refractivity contribution in [1.82, 2.24) is 4.90 Å². The fraction of sp³-hybridized carbons (Fsp3) is 0.625. The summed E-state index contributed by atoms with van der Waals surface area (Å²) >= 11 is 0. The van der Waals surface area contributed by atoms with Crippen LogP contribution in [0.15, 0.2) is 24.3 Å². The topological polar surface area (TPSA) is 12.5 Å². The number of benzene rings is 1. The predicted octanol–water partition coefficient (Wildman–Crippen LogP) is 3.84. The third kappa shape index (κ3) is 5.19. The highest BCUT2D eigenvalue weighted by atomic mass is 16.5. The molecule has 0 saturated heterocycles. The number of nitrogens with zero attached hydrogens (tertiary/aromatic N) is 1. The molecule has 0 heterocycles. The average molecular weight is 249 g/mol. The summed E-state index contributed by atoms with van der Waals surface area (Å²) in [6.07, 6.45) is 1.42. The van der Waals surface area contributed by atoms with E-state index in [1.165, 1.54) is 11.1 Å². The van der Waals surface area contributed by atoms with Crippen molar-refractivity contribution in [2.45, 2.75) is 53.4 Å². The first kappa shape index (κ1) is 15.2. The van der Waals surface area contributed by atoms with Crippen LogP contribution in [0.4, 0.5) is 0 Å². The molecule has 18 heavy (non-hydrogen) atoms. The van der Waals surface area contributed by atoms with E-state index < -0.39 is 0 Å². The van der Waals surface area contributed by atoms with E-state index in [4.69, 9.17) is 4.74 Å². The summed E-state index contributed by atoms with van der Waals surface area (Å²) in [5.74, 6) is 0. The third-order valence-corrected chi connectivity index (χ3v) is 3.43. The monoisotopic (exact) mass is 249 g/mol. The van der Waals surface area contributed by atoms with Crippen LogP contribution in [0.3, 0.4) is 0 Å². The Morgan fingerprint density at radius 3 is 2.06 bits per heavy atom. The molecule has 2 nitrogen and oxygen atoms in total. The van der Waals surface area contributed by atoms with Gasteiger partial charge in [0.2, 0.25) is 0 Å². The van der Waals surface area contributed by atoms with Crippen LogP contribution >= 0.6 is 0 Å². The van der Waals surface area contributed by atoms with Gasteiger partial charge in [-0.25, -0.2) is 0 Å². The molecule has 2 heteroatoms. The number of hydrogen-bond donors (Lipinski definition) is 0. The van der Waals surface area contributed by atoms with Crippen LogP contribution in [0.25, 0.3) is 0 Å². The zero-order valence-corrected chi connectivity index (χ0v) is 12.3. The highest BCUT2D eigenvalue weighted by Gasteiger charge is 2.02. The van der Waals surface area contributed by atoms with Crippen molar-refractivity contribution < 1.29 is 4.74 Å². The maximum Gasteiger partial charge on any atom is 0.0720 e. The lowest BCUT2D eigenvalue weighted by atomic mass is 10.1. The van der Waals surface area contributed by atoms with Gasteiger partial charge in [-0.2, -0.15) is 0 Å². The summed E-state index contributed by atoms with van der Waals surface area (Å²) in [4.78, 5) is 2.42. The van der Waals surface area contributed by atoms with Gasteiger partial charge in [-0.15, -0.1) is 0 Å². The molecule has 1 unspecified atom stereocenters. The van der Waals surface area contributed by atoms with Crippen molar-refractivity contribution in [2.24, 2.45) is 0 Å². The summed E-state index contributed by atoms with van der Waals surface area (Å²) in [6.45, 7) is 12.7. The van der Waals surface area contributed by atoms with Crippen LogP contribution in [-0.4, -0.2) is 24.1 Å². The van der Waals surface area contributed by atoms with E-state index in [1.807, 2.05) is 0 Å². The highest BCUT2D eigenvalue weighted by molar-refractivity contribution is 5.22. The zero-order chi connectivity index (χ0) is 13.4. The van der Waals surface area contributed by atoms with Gasteiger partial charge in [0.1, 0.15) is 0 Å². The molecule has 0 aliphatic carbocycles. The average Bonchev–Trinajstić information content (AvgIpc) is 2.43. The fourth-order valence-corrected chi connectivity index (χ4v) is 1.80. The van der Waals surface area contributed by atoms with Gasteiger partial charge in [0.25, 0.3) is 0 Å². The normalized spacial score (nSPS) is 12.9. The summed E-state index contributed by atoms with van der Waals surface area (Å²) in [7, 11) is 0. The Morgan fingerprint density at radius 1 is 1.00 bits per heavy atom. The van der Waals surface area contributed by atoms with E-state index in [0.717, 1.165) is 32.7 Å². The summed E-state index contributed by atoms with van der Waals surface area (Å²) in [6, 6.07) is 8.80. The molecule has 0 bridgehead atoms. The largest absolute Gasteiger partial charge is 0.374 e. The first-order valence-electron chi connectivity index (χ1n) is 7.11. The lowest BCUT2D eigenvalue weighted by Crippen LogP contribution is -2.22. The molecule has 1 aromatic carbocycles. The molecular weight excluding hydrogens is 222 g/mol. The van der Waals surface area contributed by atoms with E-state index >= 15 is 0 Å². The lowest BCUT2D eigenvalue weighted by molar-refractivity contribution is 0.0508. The molecule has 0 aliphatic rings. The molecule has 1 atom stereocenters. The predicted molar refractivity (Wildman–Crippen MR) is 77.6 cm³/mol. The SMILES string of the molecule is CCC(C)OCc1ccc(CN(CC)CC)cc1. The van der Waals surface area contributed by atoms with Crippen molar-refractivity contribution in [3.8, 4) is 0 Å². The van der Waals surface area contributed by atoms with Gasteiger partial charge in [0.05, 0.1) is 12.7 Å². The molecule has 0 aromatic heterocycles. The Kier molecular flexibility index (Phi) is 6.99. The minimum atomic E-state index is 0.348. The minimum Gasteiger partial charge on any atom is -0.374 e. The minimum absolute atomic E-state index is 0.348. The van der Waals surface area contributed by atoms with Crippen LogP contribution in [0.1, 0.15) is 45.2 Å². The zero-order valence-electron chi connectivity index (χ0n) is 12.3. The van der Waals surface area contributed by atoms with Crippen LogP contribution in [0.5, 0.6) is 0 Å². The molecule has 0 saturated carbocycles. The van der Waals surface area contributed by atoms with E-state index in [0.29, 0.717) is 6.10 Å². The molecule has 0 N–H and O–H groups in total. The van der Waals surface area contributed by atoms with Crippen molar-refractivity contribution in [1.29, 1.82) is 0 Å². The molecule has 0 spiro atoms.